The minimum absolute atomic E-state index is 0.0266. The number of ether oxygens (including phenoxy) is 1. The van der Waals surface area contributed by atoms with Gasteiger partial charge in [0.15, 0.2) is 0 Å². The molecule has 1 rings (SSSR count). The van der Waals surface area contributed by atoms with Gasteiger partial charge in [-0.05, 0) is 12.1 Å². The summed E-state index contributed by atoms with van der Waals surface area (Å²) in [4.78, 5) is 32.0. The van der Waals surface area contributed by atoms with Crippen molar-refractivity contribution >= 4 is 17.7 Å². The van der Waals surface area contributed by atoms with E-state index in [1.165, 1.54) is 31.2 Å². The zero-order chi connectivity index (χ0) is 11.4. The van der Waals surface area contributed by atoms with Crippen LogP contribution in [0.1, 0.15) is 17.3 Å². The molecule has 0 saturated carbocycles. The number of benzene rings is 1. The molecule has 0 spiro atoms. The van der Waals surface area contributed by atoms with E-state index in [0.717, 1.165) is 0 Å². The Balaban J connectivity index is 2.97. The summed E-state index contributed by atoms with van der Waals surface area (Å²) < 4.78 is 4.70. The van der Waals surface area contributed by atoms with Crippen molar-refractivity contribution in [1.82, 2.24) is 0 Å². The van der Waals surface area contributed by atoms with E-state index in [0.29, 0.717) is 0 Å². The smallest absolute Gasteiger partial charge is 0.377 e. The Morgan fingerprint density at radius 2 is 1.93 bits per heavy atom. The molecule has 1 aromatic rings. The number of hydrogen-bond donors (Lipinski definition) is 1. The van der Waals surface area contributed by atoms with Crippen LogP contribution in [-0.2, 0) is 9.59 Å². The lowest BCUT2D eigenvalue weighted by Gasteiger charge is -2.01. The third-order valence-corrected chi connectivity index (χ3v) is 1.55. The number of carbonyl (C=O) groups is 3. The van der Waals surface area contributed by atoms with Crippen LogP contribution in [0, 0.1) is 0 Å². The van der Waals surface area contributed by atoms with E-state index >= 15 is 0 Å². The number of esters is 1. The maximum Gasteiger partial charge on any atom is 0.377 e. The molecule has 0 heterocycles. The lowest BCUT2D eigenvalue weighted by molar-refractivity contribution is -0.132. The lowest BCUT2D eigenvalue weighted by atomic mass is 10.1. The van der Waals surface area contributed by atoms with Gasteiger partial charge in [-0.25, -0.2) is 4.79 Å². The first-order valence-electron chi connectivity index (χ1n) is 4.07. The van der Waals surface area contributed by atoms with Crippen molar-refractivity contribution < 1.29 is 24.2 Å². The highest BCUT2D eigenvalue weighted by molar-refractivity contribution is 6.39. The van der Waals surface area contributed by atoms with Crippen LogP contribution >= 0.6 is 0 Å². The maximum atomic E-state index is 11.0. The second-order valence-corrected chi connectivity index (χ2v) is 2.76. The second kappa shape index (κ2) is 4.36. The quantitative estimate of drug-likeness (QED) is 0.345. The number of hydrogen-bond acceptors (Lipinski definition) is 4. The van der Waals surface area contributed by atoms with Crippen LogP contribution in [-0.4, -0.2) is 22.8 Å². The van der Waals surface area contributed by atoms with Crippen LogP contribution in [0.25, 0.3) is 0 Å². The van der Waals surface area contributed by atoms with Crippen molar-refractivity contribution in [3.05, 3.63) is 29.8 Å². The van der Waals surface area contributed by atoms with Gasteiger partial charge < -0.3 is 9.84 Å². The van der Waals surface area contributed by atoms with E-state index < -0.39 is 17.7 Å². The molecule has 0 saturated heterocycles. The van der Waals surface area contributed by atoms with Crippen molar-refractivity contribution in [2.45, 2.75) is 6.92 Å². The Morgan fingerprint density at radius 1 is 1.27 bits per heavy atom. The standard InChI is InChI=1S/C10H8O5/c1-6(11)15-8-4-2-3-7(5-8)9(12)10(13)14/h2-5H,1H3,(H,13,14). The molecule has 5 heteroatoms. The van der Waals surface area contributed by atoms with Gasteiger partial charge in [-0.2, -0.15) is 0 Å². The summed E-state index contributed by atoms with van der Waals surface area (Å²) in [5.74, 6) is -2.97. The Labute approximate surface area is 85.3 Å². The predicted molar refractivity (Wildman–Crippen MR) is 49.7 cm³/mol. The van der Waals surface area contributed by atoms with Crippen LogP contribution in [0.4, 0.5) is 0 Å². The number of ketones is 1. The fourth-order valence-electron chi connectivity index (χ4n) is 0.990. The zero-order valence-electron chi connectivity index (χ0n) is 7.89. The highest BCUT2D eigenvalue weighted by atomic mass is 16.5. The van der Waals surface area contributed by atoms with Crippen molar-refractivity contribution in [2.24, 2.45) is 0 Å². The molecule has 0 aliphatic heterocycles. The Bertz CT molecular complexity index is 422. The van der Waals surface area contributed by atoms with Gasteiger partial charge in [0, 0.05) is 12.5 Å². The van der Waals surface area contributed by atoms with Crippen LogP contribution in [0.5, 0.6) is 5.75 Å². The summed E-state index contributed by atoms with van der Waals surface area (Å²) in [6, 6.07) is 5.44. The number of rotatable bonds is 3. The minimum atomic E-state index is -1.55. The molecule has 1 N–H and O–H groups in total. The van der Waals surface area contributed by atoms with E-state index in [-0.39, 0.29) is 11.3 Å². The number of carboxylic acid groups (broad SMARTS) is 1. The van der Waals surface area contributed by atoms with Crippen molar-refractivity contribution in [3.8, 4) is 5.75 Å². The first-order valence-corrected chi connectivity index (χ1v) is 4.07. The average molecular weight is 208 g/mol. The SMILES string of the molecule is CC(=O)Oc1cccc(C(=O)C(=O)O)c1. The molecule has 0 unspecified atom stereocenters. The van der Waals surface area contributed by atoms with E-state index in [4.69, 9.17) is 9.84 Å². The first-order chi connectivity index (χ1) is 7.00. The lowest BCUT2D eigenvalue weighted by Crippen LogP contribution is -2.12. The molecule has 0 atom stereocenters. The largest absolute Gasteiger partial charge is 0.475 e. The van der Waals surface area contributed by atoms with Gasteiger partial charge in [-0.1, -0.05) is 12.1 Å². The monoisotopic (exact) mass is 208 g/mol. The molecule has 0 bridgehead atoms. The number of carboxylic acids is 1. The highest BCUT2D eigenvalue weighted by Gasteiger charge is 2.14. The molecule has 5 nitrogen and oxygen atoms in total. The fraction of sp³-hybridized carbons (Fsp3) is 0.100. The van der Waals surface area contributed by atoms with E-state index in [1.54, 1.807) is 0 Å². The number of carbonyl (C=O) groups excluding carboxylic acids is 2. The summed E-state index contributed by atoms with van der Waals surface area (Å²) >= 11 is 0. The molecule has 78 valence electrons. The van der Waals surface area contributed by atoms with Crippen molar-refractivity contribution in [3.63, 3.8) is 0 Å². The summed E-state index contributed by atoms with van der Waals surface area (Å²) in [5.41, 5.74) is -0.0266. The summed E-state index contributed by atoms with van der Waals surface area (Å²) in [5, 5.41) is 8.45. The minimum Gasteiger partial charge on any atom is -0.475 e. The normalized spacial score (nSPS) is 9.40. The maximum absolute atomic E-state index is 11.0. The van der Waals surface area contributed by atoms with Crippen molar-refractivity contribution in [2.75, 3.05) is 0 Å². The summed E-state index contributed by atoms with van der Waals surface area (Å²) in [7, 11) is 0. The third kappa shape index (κ3) is 2.91. The number of aliphatic carboxylic acids is 1. The van der Waals surface area contributed by atoms with Crippen molar-refractivity contribution in [1.29, 1.82) is 0 Å². The van der Waals surface area contributed by atoms with Crippen LogP contribution in [0.2, 0.25) is 0 Å². The molecule has 0 fully saturated rings. The molecule has 1 aromatic carbocycles. The second-order valence-electron chi connectivity index (χ2n) is 2.76. The summed E-state index contributed by atoms with van der Waals surface area (Å²) in [6.45, 7) is 1.21. The van der Waals surface area contributed by atoms with Gasteiger partial charge >= 0.3 is 11.9 Å². The van der Waals surface area contributed by atoms with Crippen LogP contribution in [0.15, 0.2) is 24.3 Å². The van der Waals surface area contributed by atoms with Crippen LogP contribution < -0.4 is 4.74 Å². The predicted octanol–water partition coefficient (Wildman–Crippen LogP) is 0.879. The Hall–Kier alpha value is -2.17. The molecular formula is C10H8O5. The molecule has 0 aliphatic rings. The average Bonchev–Trinajstić information content (AvgIpc) is 2.16. The van der Waals surface area contributed by atoms with Gasteiger partial charge in [0.05, 0.1) is 0 Å². The molecule has 0 radical (unpaired) electrons. The van der Waals surface area contributed by atoms with Gasteiger partial charge in [-0.3, -0.25) is 9.59 Å². The Kier molecular flexibility index (Phi) is 3.17. The topological polar surface area (TPSA) is 80.7 Å². The van der Waals surface area contributed by atoms with Crippen LogP contribution in [0.3, 0.4) is 0 Å². The fourth-order valence-corrected chi connectivity index (χ4v) is 0.990. The highest BCUT2D eigenvalue weighted by Crippen LogP contribution is 2.13. The molecule has 0 aliphatic carbocycles. The van der Waals surface area contributed by atoms with E-state index in [2.05, 4.69) is 0 Å². The molecule has 0 aromatic heterocycles. The molecule has 0 amide bonds. The molecular weight excluding hydrogens is 200 g/mol. The zero-order valence-corrected chi connectivity index (χ0v) is 7.89. The van der Waals surface area contributed by atoms with Gasteiger partial charge in [0.25, 0.3) is 5.78 Å². The van der Waals surface area contributed by atoms with Gasteiger partial charge in [-0.15, -0.1) is 0 Å². The number of Topliss-reactive ketones (excluding diaryl/α,β-unsaturated/α-hetero) is 1. The van der Waals surface area contributed by atoms with Gasteiger partial charge in [0.2, 0.25) is 0 Å². The first kappa shape index (κ1) is 10.9. The van der Waals surface area contributed by atoms with E-state index in [1.807, 2.05) is 0 Å². The summed E-state index contributed by atoms with van der Waals surface area (Å²) in [6.07, 6.45) is 0. The third-order valence-electron chi connectivity index (χ3n) is 1.55. The van der Waals surface area contributed by atoms with Gasteiger partial charge in [0.1, 0.15) is 5.75 Å². The molecule has 15 heavy (non-hydrogen) atoms. The van der Waals surface area contributed by atoms with E-state index in [9.17, 15) is 14.4 Å². The Morgan fingerprint density at radius 3 is 2.47 bits per heavy atom.